The van der Waals surface area contributed by atoms with Crippen molar-refractivity contribution >= 4 is 0 Å². The third kappa shape index (κ3) is 2.54. The Labute approximate surface area is 77.3 Å². The van der Waals surface area contributed by atoms with E-state index < -0.39 is 0 Å². The minimum absolute atomic E-state index is 0.477. The summed E-state index contributed by atoms with van der Waals surface area (Å²) in [5, 5.41) is 3.38. The highest BCUT2D eigenvalue weighted by Gasteiger charge is 2.12. The largest absolute Gasteiger partial charge is 0.451 e. The van der Waals surface area contributed by atoms with E-state index in [2.05, 4.69) is 10.3 Å². The fourth-order valence-corrected chi connectivity index (χ4v) is 1.48. The zero-order valence-corrected chi connectivity index (χ0v) is 7.53. The minimum Gasteiger partial charge on any atom is -0.451 e. The van der Waals surface area contributed by atoms with Gasteiger partial charge in [-0.3, -0.25) is 0 Å². The molecule has 0 unspecified atom stereocenters. The lowest BCUT2D eigenvalue weighted by atomic mass is 10.1. The van der Waals surface area contributed by atoms with Crippen LogP contribution in [0.2, 0.25) is 0 Å². The van der Waals surface area contributed by atoms with Gasteiger partial charge in [0.1, 0.15) is 6.26 Å². The molecule has 2 heterocycles. The zero-order valence-electron chi connectivity index (χ0n) is 7.53. The van der Waals surface area contributed by atoms with Gasteiger partial charge in [-0.15, -0.1) is 0 Å². The number of oxazole rings is 1. The summed E-state index contributed by atoms with van der Waals surface area (Å²) < 4.78 is 10.2. The SMILES string of the molecule is c1nc(CN[C@@H]2CCCOC2)co1. The maximum absolute atomic E-state index is 5.35. The molecule has 0 amide bonds. The van der Waals surface area contributed by atoms with Crippen molar-refractivity contribution in [2.75, 3.05) is 13.2 Å². The summed E-state index contributed by atoms with van der Waals surface area (Å²) in [6.45, 7) is 2.49. The summed E-state index contributed by atoms with van der Waals surface area (Å²) in [7, 11) is 0. The molecule has 1 aliphatic rings. The lowest BCUT2D eigenvalue weighted by Gasteiger charge is -2.22. The van der Waals surface area contributed by atoms with Crippen LogP contribution in [0.4, 0.5) is 0 Å². The van der Waals surface area contributed by atoms with Crippen LogP contribution in [0, 0.1) is 0 Å². The second-order valence-electron chi connectivity index (χ2n) is 3.27. The summed E-state index contributed by atoms with van der Waals surface area (Å²) in [4.78, 5) is 4.03. The van der Waals surface area contributed by atoms with Crippen molar-refractivity contribution in [1.29, 1.82) is 0 Å². The first-order chi connectivity index (χ1) is 6.45. The van der Waals surface area contributed by atoms with Gasteiger partial charge in [-0.1, -0.05) is 0 Å². The maximum atomic E-state index is 5.35. The van der Waals surface area contributed by atoms with Crippen LogP contribution in [0.3, 0.4) is 0 Å². The van der Waals surface area contributed by atoms with E-state index in [9.17, 15) is 0 Å². The van der Waals surface area contributed by atoms with E-state index >= 15 is 0 Å². The molecular formula is C9H14N2O2. The van der Waals surface area contributed by atoms with E-state index in [1.165, 1.54) is 12.8 Å². The van der Waals surface area contributed by atoms with Gasteiger partial charge < -0.3 is 14.5 Å². The number of hydrogen-bond acceptors (Lipinski definition) is 4. The van der Waals surface area contributed by atoms with Gasteiger partial charge in [-0.2, -0.15) is 0 Å². The molecule has 1 aliphatic heterocycles. The van der Waals surface area contributed by atoms with E-state index in [0.29, 0.717) is 6.04 Å². The Kier molecular flexibility index (Phi) is 2.94. The van der Waals surface area contributed by atoms with E-state index in [4.69, 9.17) is 9.15 Å². The van der Waals surface area contributed by atoms with Crippen LogP contribution >= 0.6 is 0 Å². The average molecular weight is 182 g/mol. The standard InChI is InChI=1S/C9H14N2O2/c1-2-8(5-12-3-1)10-4-9-6-13-7-11-9/h6-8,10H,1-5H2/t8-/m1/s1. The van der Waals surface area contributed by atoms with Gasteiger partial charge in [0.2, 0.25) is 0 Å². The van der Waals surface area contributed by atoms with Crippen molar-refractivity contribution in [3.8, 4) is 0 Å². The predicted molar refractivity (Wildman–Crippen MR) is 47.2 cm³/mol. The number of nitrogens with one attached hydrogen (secondary N) is 1. The van der Waals surface area contributed by atoms with Crippen LogP contribution in [0.15, 0.2) is 17.1 Å². The molecule has 13 heavy (non-hydrogen) atoms. The molecule has 2 rings (SSSR count). The van der Waals surface area contributed by atoms with Crippen molar-refractivity contribution in [3.05, 3.63) is 18.4 Å². The first-order valence-corrected chi connectivity index (χ1v) is 4.63. The molecule has 1 aromatic rings. The third-order valence-corrected chi connectivity index (χ3v) is 2.22. The smallest absolute Gasteiger partial charge is 0.180 e. The first-order valence-electron chi connectivity index (χ1n) is 4.63. The highest BCUT2D eigenvalue weighted by Crippen LogP contribution is 2.06. The number of ether oxygens (including phenoxy) is 1. The van der Waals surface area contributed by atoms with Crippen molar-refractivity contribution in [2.24, 2.45) is 0 Å². The molecule has 0 saturated carbocycles. The van der Waals surface area contributed by atoms with Gasteiger partial charge in [-0.05, 0) is 12.8 Å². The van der Waals surface area contributed by atoms with Gasteiger partial charge in [0.05, 0.1) is 12.3 Å². The Morgan fingerprint density at radius 3 is 3.31 bits per heavy atom. The molecule has 1 saturated heterocycles. The average Bonchev–Trinajstić information content (AvgIpc) is 2.69. The number of hydrogen-bond donors (Lipinski definition) is 1. The summed E-state index contributed by atoms with van der Waals surface area (Å²) in [6, 6.07) is 0.477. The Morgan fingerprint density at radius 2 is 2.62 bits per heavy atom. The monoisotopic (exact) mass is 182 g/mol. The topological polar surface area (TPSA) is 47.3 Å². The molecule has 4 heteroatoms. The maximum Gasteiger partial charge on any atom is 0.180 e. The van der Waals surface area contributed by atoms with Crippen molar-refractivity contribution in [3.63, 3.8) is 0 Å². The van der Waals surface area contributed by atoms with Gasteiger partial charge in [0.15, 0.2) is 6.39 Å². The fourth-order valence-electron chi connectivity index (χ4n) is 1.48. The van der Waals surface area contributed by atoms with Gasteiger partial charge in [0, 0.05) is 19.2 Å². The molecule has 0 bridgehead atoms. The molecule has 0 radical (unpaired) electrons. The van der Waals surface area contributed by atoms with Crippen molar-refractivity contribution in [1.82, 2.24) is 10.3 Å². The molecule has 72 valence electrons. The van der Waals surface area contributed by atoms with Crippen LogP contribution in [0.25, 0.3) is 0 Å². The molecule has 1 fully saturated rings. The van der Waals surface area contributed by atoms with E-state index in [0.717, 1.165) is 31.9 Å². The molecule has 0 spiro atoms. The quantitative estimate of drug-likeness (QED) is 0.755. The van der Waals surface area contributed by atoms with E-state index in [1.807, 2.05) is 0 Å². The summed E-state index contributed by atoms with van der Waals surface area (Å²) in [5.41, 5.74) is 0.950. The highest BCUT2D eigenvalue weighted by molar-refractivity contribution is 4.90. The Morgan fingerprint density at radius 1 is 1.62 bits per heavy atom. The summed E-state index contributed by atoms with van der Waals surface area (Å²) in [6.07, 6.45) is 5.46. The van der Waals surface area contributed by atoms with Crippen LogP contribution in [0.5, 0.6) is 0 Å². The second kappa shape index (κ2) is 4.39. The van der Waals surface area contributed by atoms with E-state index in [1.54, 1.807) is 6.26 Å². The first kappa shape index (κ1) is 8.72. The van der Waals surface area contributed by atoms with Crippen molar-refractivity contribution < 1.29 is 9.15 Å². The van der Waals surface area contributed by atoms with Gasteiger partial charge in [-0.25, -0.2) is 4.98 Å². The normalized spacial score (nSPS) is 23.2. The molecule has 1 aromatic heterocycles. The Hall–Kier alpha value is -0.870. The minimum atomic E-state index is 0.477. The van der Waals surface area contributed by atoms with Crippen LogP contribution in [-0.2, 0) is 11.3 Å². The number of aromatic nitrogens is 1. The Bertz CT molecular complexity index is 230. The molecule has 1 N–H and O–H groups in total. The lowest BCUT2D eigenvalue weighted by molar-refractivity contribution is 0.0698. The zero-order chi connectivity index (χ0) is 8.93. The predicted octanol–water partition coefficient (Wildman–Crippen LogP) is 0.943. The van der Waals surface area contributed by atoms with Gasteiger partial charge >= 0.3 is 0 Å². The third-order valence-electron chi connectivity index (χ3n) is 2.22. The van der Waals surface area contributed by atoms with Crippen LogP contribution < -0.4 is 5.32 Å². The van der Waals surface area contributed by atoms with Gasteiger partial charge in [0.25, 0.3) is 0 Å². The van der Waals surface area contributed by atoms with E-state index in [-0.39, 0.29) is 0 Å². The molecule has 0 aliphatic carbocycles. The fraction of sp³-hybridized carbons (Fsp3) is 0.667. The Balaban J connectivity index is 1.72. The molecule has 0 aromatic carbocycles. The highest BCUT2D eigenvalue weighted by atomic mass is 16.5. The van der Waals surface area contributed by atoms with Crippen LogP contribution in [-0.4, -0.2) is 24.2 Å². The van der Waals surface area contributed by atoms with Crippen LogP contribution in [0.1, 0.15) is 18.5 Å². The number of rotatable bonds is 3. The molecule has 4 nitrogen and oxygen atoms in total. The lowest BCUT2D eigenvalue weighted by Crippen LogP contribution is -2.36. The molecular weight excluding hydrogens is 168 g/mol. The van der Waals surface area contributed by atoms with Crippen molar-refractivity contribution in [2.45, 2.75) is 25.4 Å². The second-order valence-corrected chi connectivity index (χ2v) is 3.27. The summed E-state index contributed by atoms with van der Waals surface area (Å²) in [5.74, 6) is 0. The summed E-state index contributed by atoms with van der Waals surface area (Å²) >= 11 is 0. The number of nitrogens with zero attached hydrogens (tertiary/aromatic N) is 1. The molecule has 1 atom stereocenters.